The minimum absolute atomic E-state index is 0.0321. The predicted octanol–water partition coefficient (Wildman–Crippen LogP) is -0.231. The van der Waals surface area contributed by atoms with Crippen molar-refractivity contribution in [3.63, 3.8) is 0 Å². The lowest BCUT2D eigenvalue weighted by Crippen LogP contribution is -2.50. The van der Waals surface area contributed by atoms with E-state index in [4.69, 9.17) is 0 Å². The third-order valence-corrected chi connectivity index (χ3v) is 4.44. The van der Waals surface area contributed by atoms with Crippen LogP contribution in [0.4, 0.5) is 0 Å². The zero-order chi connectivity index (χ0) is 14.8. The summed E-state index contributed by atoms with van der Waals surface area (Å²) in [5.41, 5.74) is 0. The summed E-state index contributed by atoms with van der Waals surface area (Å²) in [4.78, 5) is 11.8. The number of carbonyl (C=O) groups excluding carboxylic acids is 1. The number of likely N-dealkylation sites (tertiary alicyclic amines) is 1. The molecule has 3 atom stereocenters. The van der Waals surface area contributed by atoms with E-state index in [0.717, 1.165) is 6.54 Å². The summed E-state index contributed by atoms with van der Waals surface area (Å²) >= 11 is 0. The van der Waals surface area contributed by atoms with Crippen LogP contribution >= 0.6 is 0 Å². The van der Waals surface area contributed by atoms with Crippen molar-refractivity contribution in [2.75, 3.05) is 32.4 Å². The molecule has 0 bridgehead atoms. The largest absolute Gasteiger partial charge is 0.748 e. The van der Waals surface area contributed by atoms with Gasteiger partial charge in [-0.25, -0.2) is 8.42 Å². The second-order valence-corrected chi connectivity index (χ2v) is 7.78. The summed E-state index contributed by atoms with van der Waals surface area (Å²) in [6.07, 6.45) is 0. The molecule has 1 fully saturated rings. The number of quaternary nitrogens is 1. The molecular weight excluding hydrogens is 268 g/mol. The Morgan fingerprint density at radius 3 is 2.47 bits per heavy atom. The van der Waals surface area contributed by atoms with E-state index in [1.165, 1.54) is 0 Å². The second-order valence-electron chi connectivity index (χ2n) is 6.33. The van der Waals surface area contributed by atoms with Crippen molar-refractivity contribution in [3.05, 3.63) is 0 Å². The van der Waals surface area contributed by atoms with Crippen LogP contribution in [-0.4, -0.2) is 61.8 Å². The van der Waals surface area contributed by atoms with Gasteiger partial charge in [-0.1, -0.05) is 6.92 Å². The minimum atomic E-state index is -4.20. The highest BCUT2D eigenvalue weighted by molar-refractivity contribution is 7.85. The Labute approximate surface area is 115 Å². The van der Waals surface area contributed by atoms with Gasteiger partial charge in [0.25, 0.3) is 5.91 Å². The lowest BCUT2D eigenvalue weighted by Gasteiger charge is -2.29. The fourth-order valence-electron chi connectivity index (χ4n) is 2.99. The standard InChI is InChI=1S/C12H24N2O4S/c1-9(2)13-12(15)7-14(4)5-10(3)11(6-14)8-19(16,17)18/h9-11H,5-8H2,1-4H3,(H-,13,15,16,17,18). The molecule has 1 aliphatic heterocycles. The monoisotopic (exact) mass is 292 g/mol. The van der Waals surface area contributed by atoms with Crippen molar-refractivity contribution in [3.8, 4) is 0 Å². The maximum Gasteiger partial charge on any atom is 0.275 e. The van der Waals surface area contributed by atoms with Gasteiger partial charge in [0, 0.05) is 23.6 Å². The summed E-state index contributed by atoms with van der Waals surface area (Å²) in [5, 5.41) is 2.84. The number of hydrogen-bond acceptors (Lipinski definition) is 4. The first-order valence-corrected chi connectivity index (χ1v) is 8.15. The number of nitrogens with zero attached hydrogens (tertiary/aromatic N) is 1. The molecule has 1 heterocycles. The number of nitrogens with one attached hydrogen (secondary N) is 1. The smallest absolute Gasteiger partial charge is 0.275 e. The fraction of sp³-hybridized carbons (Fsp3) is 0.917. The molecule has 19 heavy (non-hydrogen) atoms. The molecule has 1 aliphatic rings. The van der Waals surface area contributed by atoms with Gasteiger partial charge < -0.3 is 14.4 Å². The van der Waals surface area contributed by atoms with Crippen LogP contribution in [0.15, 0.2) is 0 Å². The van der Waals surface area contributed by atoms with Crippen molar-refractivity contribution in [1.82, 2.24) is 5.32 Å². The Bertz CT molecular complexity index is 435. The van der Waals surface area contributed by atoms with Crippen molar-refractivity contribution >= 4 is 16.0 Å². The zero-order valence-electron chi connectivity index (χ0n) is 12.0. The van der Waals surface area contributed by atoms with Crippen molar-refractivity contribution in [2.45, 2.75) is 26.8 Å². The van der Waals surface area contributed by atoms with Crippen LogP contribution < -0.4 is 5.32 Å². The predicted molar refractivity (Wildman–Crippen MR) is 71.3 cm³/mol. The maximum absolute atomic E-state index is 11.8. The molecule has 1 rings (SSSR count). The van der Waals surface area contributed by atoms with Crippen LogP contribution in [0.3, 0.4) is 0 Å². The quantitative estimate of drug-likeness (QED) is 0.560. The van der Waals surface area contributed by atoms with E-state index >= 15 is 0 Å². The van der Waals surface area contributed by atoms with Gasteiger partial charge in [-0.05, 0) is 13.8 Å². The summed E-state index contributed by atoms with van der Waals surface area (Å²) < 4.78 is 33.1. The van der Waals surface area contributed by atoms with Crippen LogP contribution in [0.1, 0.15) is 20.8 Å². The first kappa shape index (κ1) is 16.4. The maximum atomic E-state index is 11.8. The Morgan fingerprint density at radius 1 is 1.42 bits per heavy atom. The lowest BCUT2D eigenvalue weighted by atomic mass is 10.0. The molecule has 0 aliphatic carbocycles. The fourth-order valence-corrected chi connectivity index (χ4v) is 3.95. The number of hydrogen-bond donors (Lipinski definition) is 1. The van der Waals surface area contributed by atoms with Crippen LogP contribution in [0.25, 0.3) is 0 Å². The van der Waals surface area contributed by atoms with E-state index in [1.54, 1.807) is 0 Å². The van der Waals surface area contributed by atoms with Crippen LogP contribution in [-0.2, 0) is 14.9 Å². The van der Waals surface area contributed by atoms with Crippen LogP contribution in [0.5, 0.6) is 0 Å². The minimum Gasteiger partial charge on any atom is -0.748 e. The van der Waals surface area contributed by atoms with Crippen molar-refractivity contribution < 1.29 is 22.2 Å². The second kappa shape index (κ2) is 5.76. The molecule has 1 saturated heterocycles. The molecule has 0 aromatic carbocycles. The Kier molecular flexibility index (Phi) is 4.97. The van der Waals surface area contributed by atoms with Crippen LogP contribution in [0, 0.1) is 11.8 Å². The number of amides is 1. The first-order chi connectivity index (χ1) is 8.51. The van der Waals surface area contributed by atoms with E-state index in [0.29, 0.717) is 17.6 Å². The summed E-state index contributed by atoms with van der Waals surface area (Å²) in [6.45, 7) is 7.37. The van der Waals surface area contributed by atoms with Crippen molar-refractivity contribution in [1.29, 1.82) is 0 Å². The van der Waals surface area contributed by atoms with Gasteiger partial charge in [-0.3, -0.25) is 4.79 Å². The number of carbonyl (C=O) groups is 1. The molecule has 0 aromatic heterocycles. The van der Waals surface area contributed by atoms with Gasteiger partial charge in [-0.15, -0.1) is 0 Å². The van der Waals surface area contributed by atoms with Gasteiger partial charge >= 0.3 is 0 Å². The lowest BCUT2D eigenvalue weighted by molar-refractivity contribution is -0.892. The van der Waals surface area contributed by atoms with Crippen molar-refractivity contribution in [2.24, 2.45) is 11.8 Å². The molecule has 0 spiro atoms. The SMILES string of the molecule is CC(C)NC(=O)C[N+]1(C)CC(C)C(CS(=O)(=O)[O-])C1. The Balaban J connectivity index is 2.63. The van der Waals surface area contributed by atoms with Gasteiger partial charge in [-0.2, -0.15) is 0 Å². The molecular formula is C12H24N2O4S. The molecule has 1 N–H and O–H groups in total. The molecule has 7 heteroatoms. The van der Waals surface area contributed by atoms with E-state index < -0.39 is 10.1 Å². The third-order valence-electron chi connectivity index (χ3n) is 3.60. The first-order valence-electron chi connectivity index (χ1n) is 6.57. The molecule has 112 valence electrons. The zero-order valence-corrected chi connectivity index (χ0v) is 12.9. The van der Waals surface area contributed by atoms with Gasteiger partial charge in [0.2, 0.25) is 0 Å². The van der Waals surface area contributed by atoms with E-state index in [1.807, 2.05) is 27.8 Å². The molecule has 6 nitrogen and oxygen atoms in total. The van der Waals surface area contributed by atoms with Gasteiger partial charge in [0.15, 0.2) is 6.54 Å². The van der Waals surface area contributed by atoms with Gasteiger partial charge in [0.1, 0.15) is 0 Å². The van der Waals surface area contributed by atoms with E-state index in [2.05, 4.69) is 5.32 Å². The molecule has 0 saturated carbocycles. The topological polar surface area (TPSA) is 86.3 Å². The number of likely N-dealkylation sites (N-methyl/N-ethyl adjacent to an activating group) is 1. The molecule has 0 radical (unpaired) electrons. The highest BCUT2D eigenvalue weighted by Crippen LogP contribution is 2.28. The Morgan fingerprint density at radius 2 is 2.00 bits per heavy atom. The highest BCUT2D eigenvalue weighted by atomic mass is 32.2. The van der Waals surface area contributed by atoms with Crippen LogP contribution in [0.2, 0.25) is 0 Å². The average Bonchev–Trinajstić information content (AvgIpc) is 2.35. The summed E-state index contributed by atoms with van der Waals surface area (Å²) in [5.74, 6) is -0.372. The van der Waals surface area contributed by atoms with E-state index in [-0.39, 0.29) is 29.5 Å². The molecule has 0 aromatic rings. The third kappa shape index (κ3) is 5.46. The van der Waals surface area contributed by atoms with Gasteiger partial charge in [0.05, 0.1) is 30.3 Å². The Hall–Kier alpha value is -0.660. The summed E-state index contributed by atoms with van der Waals surface area (Å²) in [7, 11) is -2.26. The highest BCUT2D eigenvalue weighted by Gasteiger charge is 2.42. The van der Waals surface area contributed by atoms with E-state index in [9.17, 15) is 17.8 Å². The summed E-state index contributed by atoms with van der Waals surface area (Å²) in [6, 6.07) is 0.0944. The normalized spacial score (nSPS) is 31.7. The molecule has 1 amide bonds. The molecule has 3 unspecified atom stereocenters. The number of rotatable bonds is 5. The average molecular weight is 292 g/mol.